The summed E-state index contributed by atoms with van der Waals surface area (Å²) in [4.78, 5) is 0.722. The van der Waals surface area contributed by atoms with Gasteiger partial charge >= 0.3 is 0 Å². The summed E-state index contributed by atoms with van der Waals surface area (Å²) < 4.78 is 26.6. The van der Waals surface area contributed by atoms with E-state index < -0.39 is 16.6 Å². The number of rotatable bonds is 2. The molecule has 0 bridgehead atoms. The fraction of sp³-hybridized carbons (Fsp3) is 0. The van der Waals surface area contributed by atoms with Crippen molar-refractivity contribution in [2.24, 2.45) is 0 Å². The van der Waals surface area contributed by atoms with E-state index in [1.165, 1.54) is 18.2 Å². The van der Waals surface area contributed by atoms with Crippen molar-refractivity contribution in [3.63, 3.8) is 0 Å². The minimum absolute atomic E-state index is 0.168. The van der Waals surface area contributed by atoms with Crippen molar-refractivity contribution in [2.45, 2.75) is 9.79 Å². The minimum atomic E-state index is -1.56. The Morgan fingerprint density at radius 3 is 2.44 bits per heavy atom. The Labute approximate surface area is 115 Å². The van der Waals surface area contributed by atoms with Gasteiger partial charge in [0.1, 0.15) is 17.4 Å². The van der Waals surface area contributed by atoms with Crippen molar-refractivity contribution in [3.8, 4) is 6.07 Å². The van der Waals surface area contributed by atoms with Crippen LogP contribution >= 0.6 is 15.9 Å². The third kappa shape index (κ3) is 2.50. The van der Waals surface area contributed by atoms with E-state index in [2.05, 4.69) is 15.9 Å². The van der Waals surface area contributed by atoms with E-state index in [0.29, 0.717) is 4.90 Å². The van der Waals surface area contributed by atoms with Gasteiger partial charge in [-0.1, -0.05) is 22.0 Å². The SMILES string of the molecule is N#Cc1c(F)cccc1[S@](=O)c1ccc(Br)cc1. The fourth-order valence-electron chi connectivity index (χ4n) is 1.45. The van der Waals surface area contributed by atoms with E-state index in [0.717, 1.165) is 4.47 Å². The first-order chi connectivity index (χ1) is 8.63. The second kappa shape index (κ2) is 5.42. The van der Waals surface area contributed by atoms with Gasteiger partial charge in [0.15, 0.2) is 0 Å². The van der Waals surface area contributed by atoms with Crippen LogP contribution in [0, 0.1) is 17.1 Å². The van der Waals surface area contributed by atoms with Crippen LogP contribution in [0.15, 0.2) is 56.7 Å². The summed E-state index contributed by atoms with van der Waals surface area (Å²) in [6.45, 7) is 0. The number of nitrogens with zero attached hydrogens (tertiary/aromatic N) is 1. The predicted octanol–water partition coefficient (Wildman–Crippen LogP) is 3.63. The molecule has 0 aliphatic carbocycles. The van der Waals surface area contributed by atoms with Gasteiger partial charge in [-0.25, -0.2) is 8.60 Å². The predicted molar refractivity (Wildman–Crippen MR) is 69.9 cm³/mol. The van der Waals surface area contributed by atoms with Crippen LogP contribution in [0.2, 0.25) is 0 Å². The van der Waals surface area contributed by atoms with E-state index in [1.807, 2.05) is 0 Å². The molecule has 1 atom stereocenters. The molecule has 0 aromatic heterocycles. The first-order valence-electron chi connectivity index (χ1n) is 4.99. The summed E-state index contributed by atoms with van der Waals surface area (Å²) in [5, 5.41) is 8.91. The smallest absolute Gasteiger partial charge is 0.142 e. The number of hydrogen-bond acceptors (Lipinski definition) is 2. The van der Waals surface area contributed by atoms with Crippen LogP contribution in [-0.2, 0) is 10.8 Å². The van der Waals surface area contributed by atoms with Gasteiger partial charge in [0, 0.05) is 9.37 Å². The average molecular weight is 324 g/mol. The number of nitriles is 1. The molecule has 2 nitrogen and oxygen atoms in total. The van der Waals surface area contributed by atoms with Crippen LogP contribution in [0.4, 0.5) is 4.39 Å². The largest absolute Gasteiger partial charge is 0.249 e. The van der Waals surface area contributed by atoms with E-state index in [4.69, 9.17) is 5.26 Å². The van der Waals surface area contributed by atoms with Crippen LogP contribution in [0.25, 0.3) is 0 Å². The Morgan fingerprint density at radius 2 is 1.83 bits per heavy atom. The standard InChI is InChI=1S/C13H7BrFNOS/c14-9-4-6-10(7-5-9)18(17)13-3-1-2-12(15)11(13)8-16/h1-7H/t18-/m1/s1. The van der Waals surface area contributed by atoms with Gasteiger partial charge in [-0.05, 0) is 36.4 Å². The highest BCUT2D eigenvalue weighted by molar-refractivity contribution is 9.10. The molecule has 0 heterocycles. The van der Waals surface area contributed by atoms with Gasteiger partial charge in [0.25, 0.3) is 0 Å². The Morgan fingerprint density at radius 1 is 1.17 bits per heavy atom. The molecule has 0 saturated heterocycles. The molecule has 2 aromatic carbocycles. The number of benzene rings is 2. The van der Waals surface area contributed by atoms with E-state index >= 15 is 0 Å². The molecular formula is C13H7BrFNOS. The molecule has 0 spiro atoms. The van der Waals surface area contributed by atoms with Crippen molar-refractivity contribution in [1.82, 2.24) is 0 Å². The monoisotopic (exact) mass is 323 g/mol. The summed E-state index contributed by atoms with van der Waals surface area (Å²) in [5.41, 5.74) is -0.168. The third-order valence-corrected chi connectivity index (χ3v) is 4.28. The Hall–Kier alpha value is -1.51. The van der Waals surface area contributed by atoms with E-state index in [1.54, 1.807) is 30.3 Å². The van der Waals surface area contributed by atoms with Crippen LogP contribution in [0.3, 0.4) is 0 Å². The van der Waals surface area contributed by atoms with Gasteiger partial charge in [-0.15, -0.1) is 0 Å². The molecule has 0 N–H and O–H groups in total. The molecule has 5 heteroatoms. The highest BCUT2D eigenvalue weighted by Gasteiger charge is 2.15. The first kappa shape index (κ1) is 12.9. The lowest BCUT2D eigenvalue weighted by atomic mass is 10.2. The zero-order chi connectivity index (χ0) is 13.1. The zero-order valence-electron chi connectivity index (χ0n) is 9.06. The van der Waals surface area contributed by atoms with E-state index in [9.17, 15) is 8.60 Å². The zero-order valence-corrected chi connectivity index (χ0v) is 11.5. The van der Waals surface area contributed by atoms with E-state index in [-0.39, 0.29) is 10.5 Å². The number of hydrogen-bond donors (Lipinski definition) is 0. The van der Waals surface area contributed by atoms with Crippen LogP contribution in [-0.4, -0.2) is 4.21 Å². The second-order valence-corrected chi connectivity index (χ2v) is 5.81. The van der Waals surface area contributed by atoms with Gasteiger partial charge in [-0.3, -0.25) is 0 Å². The van der Waals surface area contributed by atoms with Crippen LogP contribution in [0.5, 0.6) is 0 Å². The van der Waals surface area contributed by atoms with Crippen molar-refractivity contribution < 1.29 is 8.60 Å². The van der Waals surface area contributed by atoms with Crippen LogP contribution < -0.4 is 0 Å². The Balaban J connectivity index is 2.50. The highest BCUT2D eigenvalue weighted by atomic mass is 79.9. The lowest BCUT2D eigenvalue weighted by molar-refractivity contribution is 0.618. The molecule has 90 valence electrons. The molecule has 0 amide bonds. The topological polar surface area (TPSA) is 40.9 Å². The number of halogens is 2. The van der Waals surface area contributed by atoms with Gasteiger partial charge < -0.3 is 0 Å². The molecule has 0 fully saturated rings. The molecular weight excluding hydrogens is 317 g/mol. The third-order valence-electron chi connectivity index (χ3n) is 2.31. The molecule has 0 saturated carbocycles. The molecule has 0 aliphatic rings. The summed E-state index contributed by atoms with van der Waals surface area (Å²) >= 11 is 3.28. The van der Waals surface area contributed by atoms with Crippen molar-refractivity contribution >= 4 is 26.7 Å². The quantitative estimate of drug-likeness (QED) is 0.846. The van der Waals surface area contributed by atoms with Crippen molar-refractivity contribution in [2.75, 3.05) is 0 Å². The molecule has 0 unspecified atom stereocenters. The maximum Gasteiger partial charge on any atom is 0.142 e. The minimum Gasteiger partial charge on any atom is -0.249 e. The molecule has 0 radical (unpaired) electrons. The maximum atomic E-state index is 13.4. The molecule has 0 aliphatic heterocycles. The first-order valence-corrected chi connectivity index (χ1v) is 6.93. The van der Waals surface area contributed by atoms with Crippen LogP contribution in [0.1, 0.15) is 5.56 Å². The summed E-state index contributed by atoms with van der Waals surface area (Å²) in [6, 6.07) is 12.7. The normalized spacial score (nSPS) is 11.8. The second-order valence-electron chi connectivity index (χ2n) is 3.45. The van der Waals surface area contributed by atoms with Crippen molar-refractivity contribution in [1.29, 1.82) is 5.26 Å². The van der Waals surface area contributed by atoms with Gasteiger partial charge in [-0.2, -0.15) is 5.26 Å². The molecule has 2 aromatic rings. The van der Waals surface area contributed by atoms with Gasteiger partial charge in [0.05, 0.1) is 15.7 Å². The summed E-state index contributed by atoms with van der Waals surface area (Å²) in [7, 11) is -1.56. The van der Waals surface area contributed by atoms with Gasteiger partial charge in [0.2, 0.25) is 0 Å². The summed E-state index contributed by atoms with van der Waals surface area (Å²) in [5.74, 6) is -0.652. The highest BCUT2D eigenvalue weighted by Crippen LogP contribution is 2.23. The lowest BCUT2D eigenvalue weighted by Crippen LogP contribution is -1.98. The Kier molecular flexibility index (Phi) is 3.90. The Bertz CT molecular complexity index is 649. The lowest BCUT2D eigenvalue weighted by Gasteiger charge is -2.05. The molecule has 2 rings (SSSR count). The fourth-order valence-corrected chi connectivity index (χ4v) is 2.88. The molecule has 18 heavy (non-hydrogen) atoms. The van der Waals surface area contributed by atoms with Crippen molar-refractivity contribution in [3.05, 3.63) is 58.3 Å². The average Bonchev–Trinajstić information content (AvgIpc) is 2.38. The maximum absolute atomic E-state index is 13.4. The summed E-state index contributed by atoms with van der Waals surface area (Å²) in [6.07, 6.45) is 0.